The van der Waals surface area contributed by atoms with Gasteiger partial charge in [0.25, 0.3) is 0 Å². The number of furan rings is 2. The summed E-state index contributed by atoms with van der Waals surface area (Å²) in [6, 6.07) is 3.69. The van der Waals surface area contributed by atoms with Crippen LogP contribution in [-0.2, 0) is 0 Å². The van der Waals surface area contributed by atoms with Crippen molar-refractivity contribution in [3.8, 4) is 0 Å². The number of rotatable bonds is 2. The summed E-state index contributed by atoms with van der Waals surface area (Å²) in [5.74, 6) is -0.301. The number of carboxylic acid groups (broad SMARTS) is 1. The topological polar surface area (TPSA) is 78.9 Å². The highest BCUT2D eigenvalue weighted by molar-refractivity contribution is 5.96. The minimum absolute atomic E-state index is 0.0169. The number of anilines is 2. The van der Waals surface area contributed by atoms with Gasteiger partial charge < -0.3 is 24.2 Å². The van der Waals surface area contributed by atoms with E-state index in [1.54, 1.807) is 6.26 Å². The smallest absolute Gasteiger partial charge is 0.374 e. The first-order chi connectivity index (χ1) is 8.66. The van der Waals surface area contributed by atoms with Crippen molar-refractivity contribution in [2.45, 2.75) is 6.04 Å². The molecule has 0 aromatic carbocycles. The quantitative estimate of drug-likeness (QED) is 0.848. The van der Waals surface area contributed by atoms with Crippen LogP contribution in [0, 0.1) is 0 Å². The van der Waals surface area contributed by atoms with Crippen molar-refractivity contribution in [1.82, 2.24) is 0 Å². The number of likely N-dealkylation sites (N-methyl/N-ethyl adjacent to an activating group) is 1. The van der Waals surface area contributed by atoms with E-state index in [4.69, 9.17) is 13.9 Å². The summed E-state index contributed by atoms with van der Waals surface area (Å²) in [5.41, 5.74) is 1.24. The number of nitrogens with one attached hydrogen (secondary N) is 1. The fourth-order valence-corrected chi connectivity index (χ4v) is 2.23. The standard InChI is InChI=1S/C12H12N2O4/c1-14-5-7(9-3-2-4-17-9)13-8-6-18-11(10(8)14)12(15)16/h2-4,6-7,13H,5H2,1H3,(H,15,16). The van der Waals surface area contributed by atoms with Crippen LogP contribution >= 0.6 is 0 Å². The van der Waals surface area contributed by atoms with Gasteiger partial charge in [-0.3, -0.25) is 0 Å². The predicted molar refractivity (Wildman–Crippen MR) is 64.0 cm³/mol. The van der Waals surface area contributed by atoms with Gasteiger partial charge in [-0.05, 0) is 12.1 Å². The molecule has 0 saturated carbocycles. The molecule has 1 unspecified atom stereocenters. The molecule has 2 aromatic rings. The van der Waals surface area contributed by atoms with E-state index in [-0.39, 0.29) is 11.8 Å². The molecular weight excluding hydrogens is 236 g/mol. The van der Waals surface area contributed by atoms with Crippen molar-refractivity contribution >= 4 is 17.3 Å². The molecule has 0 amide bonds. The van der Waals surface area contributed by atoms with E-state index in [0.29, 0.717) is 17.9 Å². The third kappa shape index (κ3) is 1.54. The normalized spacial score (nSPS) is 18.3. The van der Waals surface area contributed by atoms with E-state index >= 15 is 0 Å². The Morgan fingerprint density at radius 2 is 2.39 bits per heavy atom. The van der Waals surface area contributed by atoms with Crippen LogP contribution in [0.15, 0.2) is 33.5 Å². The molecular formula is C12H12N2O4. The van der Waals surface area contributed by atoms with E-state index in [1.165, 1.54) is 6.26 Å². The Balaban J connectivity index is 1.97. The van der Waals surface area contributed by atoms with Gasteiger partial charge in [0, 0.05) is 13.6 Å². The van der Waals surface area contributed by atoms with E-state index < -0.39 is 5.97 Å². The molecule has 6 heteroatoms. The van der Waals surface area contributed by atoms with Gasteiger partial charge in [-0.1, -0.05) is 0 Å². The molecule has 0 aliphatic carbocycles. The van der Waals surface area contributed by atoms with Gasteiger partial charge in [0.2, 0.25) is 5.76 Å². The number of hydrogen-bond donors (Lipinski definition) is 2. The zero-order valence-corrected chi connectivity index (χ0v) is 9.71. The third-order valence-corrected chi connectivity index (χ3v) is 3.01. The SMILES string of the molecule is CN1CC(c2ccco2)Nc2coc(C(=O)O)c21. The van der Waals surface area contributed by atoms with Gasteiger partial charge in [-0.15, -0.1) is 0 Å². The molecule has 2 N–H and O–H groups in total. The van der Waals surface area contributed by atoms with Gasteiger partial charge in [-0.2, -0.15) is 0 Å². The van der Waals surface area contributed by atoms with Crippen LogP contribution in [0.3, 0.4) is 0 Å². The maximum Gasteiger partial charge on any atom is 0.374 e. The first-order valence-corrected chi connectivity index (χ1v) is 5.52. The molecule has 0 fully saturated rings. The number of carboxylic acids is 1. The third-order valence-electron chi connectivity index (χ3n) is 3.01. The summed E-state index contributed by atoms with van der Waals surface area (Å²) in [6.45, 7) is 0.611. The summed E-state index contributed by atoms with van der Waals surface area (Å²) in [7, 11) is 1.83. The molecule has 0 radical (unpaired) electrons. The minimum atomic E-state index is -1.07. The average Bonchev–Trinajstić information content (AvgIpc) is 2.97. The monoisotopic (exact) mass is 248 g/mol. The van der Waals surface area contributed by atoms with Crippen LogP contribution < -0.4 is 10.2 Å². The van der Waals surface area contributed by atoms with Crippen molar-refractivity contribution in [2.75, 3.05) is 23.8 Å². The zero-order chi connectivity index (χ0) is 12.7. The highest BCUT2D eigenvalue weighted by atomic mass is 16.4. The molecule has 0 saturated heterocycles. The lowest BCUT2D eigenvalue weighted by Gasteiger charge is -2.31. The van der Waals surface area contributed by atoms with Crippen LogP contribution in [0.1, 0.15) is 22.4 Å². The molecule has 18 heavy (non-hydrogen) atoms. The lowest BCUT2D eigenvalue weighted by Crippen LogP contribution is -2.33. The zero-order valence-electron chi connectivity index (χ0n) is 9.71. The van der Waals surface area contributed by atoms with Crippen LogP contribution in [0.25, 0.3) is 0 Å². The Kier molecular flexibility index (Phi) is 2.29. The predicted octanol–water partition coefficient (Wildman–Crippen LogP) is 2.17. The Morgan fingerprint density at radius 3 is 3.06 bits per heavy atom. The highest BCUT2D eigenvalue weighted by Gasteiger charge is 2.31. The maximum absolute atomic E-state index is 11.0. The number of aromatic carboxylic acids is 1. The molecule has 2 aromatic heterocycles. The second-order valence-electron chi connectivity index (χ2n) is 4.23. The van der Waals surface area contributed by atoms with Crippen molar-refractivity contribution < 1.29 is 18.7 Å². The van der Waals surface area contributed by atoms with E-state index in [2.05, 4.69) is 5.32 Å². The summed E-state index contributed by atoms with van der Waals surface area (Å²) in [5, 5.41) is 12.2. The second-order valence-corrected chi connectivity index (χ2v) is 4.23. The molecule has 0 bridgehead atoms. The second kappa shape index (κ2) is 3.83. The van der Waals surface area contributed by atoms with Gasteiger partial charge >= 0.3 is 5.97 Å². The van der Waals surface area contributed by atoms with Gasteiger partial charge in [0.1, 0.15) is 23.8 Å². The van der Waals surface area contributed by atoms with Gasteiger partial charge in [-0.25, -0.2) is 4.79 Å². The van der Waals surface area contributed by atoms with Gasteiger partial charge in [0.05, 0.1) is 12.0 Å². The lowest BCUT2D eigenvalue weighted by molar-refractivity contribution is 0.0663. The van der Waals surface area contributed by atoms with E-state index in [0.717, 1.165) is 5.76 Å². The number of hydrogen-bond acceptors (Lipinski definition) is 5. The Bertz CT molecular complexity index is 573. The van der Waals surface area contributed by atoms with Crippen LogP contribution in [-0.4, -0.2) is 24.7 Å². The average molecular weight is 248 g/mol. The minimum Gasteiger partial charge on any atom is -0.475 e. The number of carbonyl (C=O) groups is 1. The fraction of sp³-hybridized carbons (Fsp3) is 0.250. The summed E-state index contributed by atoms with van der Waals surface area (Å²) >= 11 is 0. The van der Waals surface area contributed by atoms with Crippen molar-refractivity contribution in [1.29, 1.82) is 0 Å². The first-order valence-electron chi connectivity index (χ1n) is 5.52. The molecule has 1 atom stereocenters. The van der Waals surface area contributed by atoms with E-state index in [9.17, 15) is 4.79 Å². The van der Waals surface area contributed by atoms with Crippen LogP contribution in [0.2, 0.25) is 0 Å². The van der Waals surface area contributed by atoms with Crippen LogP contribution in [0.4, 0.5) is 11.4 Å². The van der Waals surface area contributed by atoms with Gasteiger partial charge in [0.15, 0.2) is 0 Å². The van der Waals surface area contributed by atoms with Crippen molar-refractivity contribution in [3.63, 3.8) is 0 Å². The summed E-state index contributed by atoms with van der Waals surface area (Å²) < 4.78 is 10.4. The highest BCUT2D eigenvalue weighted by Crippen LogP contribution is 2.38. The van der Waals surface area contributed by atoms with Crippen molar-refractivity contribution in [2.24, 2.45) is 0 Å². The number of fused-ring (bicyclic) bond motifs is 1. The summed E-state index contributed by atoms with van der Waals surface area (Å²) in [4.78, 5) is 12.9. The molecule has 1 aliphatic rings. The molecule has 6 nitrogen and oxygen atoms in total. The van der Waals surface area contributed by atoms with Crippen LogP contribution in [0.5, 0.6) is 0 Å². The Labute approximate surface area is 103 Å². The molecule has 3 heterocycles. The largest absolute Gasteiger partial charge is 0.475 e. The number of nitrogens with zero attached hydrogens (tertiary/aromatic N) is 1. The Morgan fingerprint density at radius 1 is 1.56 bits per heavy atom. The fourth-order valence-electron chi connectivity index (χ4n) is 2.23. The molecule has 1 aliphatic heterocycles. The van der Waals surface area contributed by atoms with E-state index in [1.807, 2.05) is 24.1 Å². The maximum atomic E-state index is 11.0. The Hall–Kier alpha value is -2.37. The first kappa shape index (κ1) is 10.8. The summed E-state index contributed by atoms with van der Waals surface area (Å²) in [6.07, 6.45) is 3.04. The van der Waals surface area contributed by atoms with Crippen molar-refractivity contribution in [3.05, 3.63) is 36.2 Å². The molecule has 3 rings (SSSR count). The molecule has 0 spiro atoms. The lowest BCUT2D eigenvalue weighted by atomic mass is 10.1. The molecule has 94 valence electrons.